The summed E-state index contributed by atoms with van der Waals surface area (Å²) in [5.74, 6) is -3.77. The van der Waals surface area contributed by atoms with Gasteiger partial charge in [0.25, 0.3) is 0 Å². The Hall–Kier alpha value is -2.68. The molecule has 0 radical (unpaired) electrons. The first-order valence-corrected chi connectivity index (χ1v) is 10.8. The zero-order chi connectivity index (χ0) is 21.6. The first-order valence-electron chi connectivity index (χ1n) is 9.10. The van der Waals surface area contributed by atoms with Crippen LogP contribution in [0.4, 0.5) is 30.2 Å². The molecule has 9 heteroatoms. The van der Waals surface area contributed by atoms with Gasteiger partial charge in [-0.2, -0.15) is 0 Å². The van der Waals surface area contributed by atoms with Crippen LogP contribution in [-0.2, 0) is 10.0 Å². The van der Waals surface area contributed by atoms with Crippen molar-refractivity contribution in [3.63, 3.8) is 0 Å². The summed E-state index contributed by atoms with van der Waals surface area (Å²) in [4.78, 5) is 0. The highest BCUT2D eigenvalue weighted by Gasteiger charge is 2.24. The number of halogens is 3. The Kier molecular flexibility index (Phi) is 7.55. The second-order valence-electron chi connectivity index (χ2n) is 6.02. The summed E-state index contributed by atoms with van der Waals surface area (Å²) in [6, 6.07) is 4.88. The predicted molar refractivity (Wildman–Crippen MR) is 109 cm³/mol. The number of anilines is 3. The average molecular weight is 428 g/mol. The maximum Gasteiger partial charge on any atom is 0.233 e. The fraction of sp³-hybridized carbons (Fsp3) is 0.300. The molecule has 5 nitrogen and oxygen atoms in total. The number of rotatable bonds is 2. The van der Waals surface area contributed by atoms with Crippen LogP contribution >= 0.6 is 0 Å². The zero-order valence-corrected chi connectivity index (χ0v) is 17.2. The van der Waals surface area contributed by atoms with Crippen LogP contribution in [0, 0.1) is 24.4 Å². The first-order chi connectivity index (χ1) is 13.8. The number of allylic oxidation sites excluding steroid dienone is 1. The molecule has 0 bridgehead atoms. The van der Waals surface area contributed by atoms with E-state index in [9.17, 15) is 21.6 Å². The predicted octanol–water partition coefficient (Wildman–Crippen LogP) is 5.26. The Balaban J connectivity index is 0.00000145. The number of nitrogens with one attached hydrogen (secondary N) is 2. The van der Waals surface area contributed by atoms with Gasteiger partial charge in [-0.1, -0.05) is 32.1 Å². The van der Waals surface area contributed by atoms with Crippen LogP contribution < -0.4 is 14.8 Å². The highest BCUT2D eigenvalue weighted by atomic mass is 32.2. The van der Waals surface area contributed by atoms with Crippen LogP contribution in [0.1, 0.15) is 25.8 Å². The molecule has 2 N–H and O–H groups in total. The summed E-state index contributed by atoms with van der Waals surface area (Å²) < 4.78 is 74.8. The lowest BCUT2D eigenvalue weighted by atomic mass is 10.2. The van der Waals surface area contributed by atoms with Crippen molar-refractivity contribution in [2.24, 2.45) is 0 Å². The number of aryl methyl sites for hydroxylation is 1. The molecule has 0 amide bonds. The first kappa shape index (κ1) is 22.6. The molecule has 1 aliphatic rings. The third-order valence-corrected chi connectivity index (χ3v) is 5.17. The quantitative estimate of drug-likeness (QED) is 0.640. The minimum absolute atomic E-state index is 0.0398. The molecule has 0 unspecified atom stereocenters. The maximum atomic E-state index is 14.5. The van der Waals surface area contributed by atoms with E-state index in [2.05, 4.69) is 10.0 Å². The van der Waals surface area contributed by atoms with Crippen molar-refractivity contribution in [2.75, 3.05) is 22.4 Å². The van der Waals surface area contributed by atoms with Gasteiger partial charge >= 0.3 is 0 Å². The van der Waals surface area contributed by atoms with E-state index >= 15 is 0 Å². The van der Waals surface area contributed by atoms with Crippen molar-refractivity contribution in [3.8, 4) is 5.75 Å². The molecular weight excluding hydrogens is 405 g/mol. The molecule has 0 aromatic heterocycles. The molecule has 0 saturated carbocycles. The van der Waals surface area contributed by atoms with Gasteiger partial charge in [-0.15, -0.1) is 0 Å². The van der Waals surface area contributed by atoms with Gasteiger partial charge in [0.05, 0.1) is 11.4 Å². The van der Waals surface area contributed by atoms with E-state index in [0.717, 1.165) is 6.07 Å². The maximum absolute atomic E-state index is 14.5. The lowest BCUT2D eigenvalue weighted by molar-refractivity contribution is 0.360. The molecule has 2 aromatic rings. The van der Waals surface area contributed by atoms with Gasteiger partial charge in [-0.05, 0) is 31.0 Å². The molecule has 29 heavy (non-hydrogen) atoms. The Morgan fingerprint density at radius 1 is 1.07 bits per heavy atom. The largest absolute Gasteiger partial charge is 0.487 e. The van der Waals surface area contributed by atoms with E-state index in [-0.39, 0.29) is 35.9 Å². The Morgan fingerprint density at radius 3 is 2.48 bits per heavy atom. The number of fused-ring (bicyclic) bond motifs is 1. The summed E-state index contributed by atoms with van der Waals surface area (Å²) in [5.41, 5.74) is -0.370. The van der Waals surface area contributed by atoms with Crippen LogP contribution in [0.5, 0.6) is 5.75 Å². The van der Waals surface area contributed by atoms with Gasteiger partial charge < -0.3 is 10.1 Å². The van der Waals surface area contributed by atoms with Crippen LogP contribution in [-0.4, -0.2) is 20.8 Å². The summed E-state index contributed by atoms with van der Waals surface area (Å²) >= 11 is 0. The van der Waals surface area contributed by atoms with Gasteiger partial charge in [0.2, 0.25) is 10.0 Å². The molecule has 3 rings (SSSR count). The Labute approximate surface area is 168 Å². The molecule has 1 heterocycles. The standard InChI is InChI=1S/C18H17F3N2O3S.C2H6/c1-11-5-6-14(12(19)9-11)22-18-16(21)13(20)10-15-17(18)23-27(24,25)8-4-2-3-7-26-15;1-2/h2-3,5-6,9-10,22-23H,4,7-8H2,1H3;1-2H3/b3-2+;. The number of sulfonamides is 1. The van der Waals surface area contributed by atoms with E-state index in [4.69, 9.17) is 4.74 Å². The number of benzene rings is 2. The molecule has 2 aromatic carbocycles. The van der Waals surface area contributed by atoms with Crippen molar-refractivity contribution >= 4 is 27.1 Å². The smallest absolute Gasteiger partial charge is 0.233 e. The van der Waals surface area contributed by atoms with Gasteiger partial charge in [-0.25, -0.2) is 21.6 Å². The van der Waals surface area contributed by atoms with Gasteiger partial charge in [-0.3, -0.25) is 4.72 Å². The van der Waals surface area contributed by atoms with E-state index in [1.165, 1.54) is 12.1 Å². The van der Waals surface area contributed by atoms with Crippen molar-refractivity contribution < 1.29 is 26.3 Å². The van der Waals surface area contributed by atoms with Crippen LogP contribution in [0.15, 0.2) is 36.4 Å². The molecule has 0 atom stereocenters. The zero-order valence-electron chi connectivity index (χ0n) is 16.4. The van der Waals surface area contributed by atoms with Gasteiger partial charge in [0.1, 0.15) is 29.5 Å². The number of ether oxygens (including phenoxy) is 1. The monoisotopic (exact) mass is 428 g/mol. The average Bonchev–Trinajstić information content (AvgIpc) is 2.67. The molecule has 1 aliphatic heterocycles. The molecule has 0 aliphatic carbocycles. The third-order valence-electron chi connectivity index (χ3n) is 3.88. The molecule has 0 fully saturated rings. The van der Waals surface area contributed by atoms with Crippen molar-refractivity contribution in [3.05, 3.63) is 59.4 Å². The van der Waals surface area contributed by atoms with Crippen molar-refractivity contribution in [2.45, 2.75) is 27.2 Å². The second-order valence-corrected chi connectivity index (χ2v) is 7.86. The fourth-order valence-corrected chi connectivity index (χ4v) is 3.61. The van der Waals surface area contributed by atoms with Crippen LogP contribution in [0.2, 0.25) is 0 Å². The van der Waals surface area contributed by atoms with Crippen LogP contribution in [0.3, 0.4) is 0 Å². The highest BCUT2D eigenvalue weighted by molar-refractivity contribution is 7.92. The highest BCUT2D eigenvalue weighted by Crippen LogP contribution is 2.40. The summed E-state index contributed by atoms with van der Waals surface area (Å²) in [6.07, 6.45) is 3.43. The molecule has 0 spiro atoms. The molecule has 0 saturated heterocycles. The summed E-state index contributed by atoms with van der Waals surface area (Å²) in [5, 5.41) is 2.44. The number of hydrogen-bond acceptors (Lipinski definition) is 4. The molecule has 158 valence electrons. The minimum Gasteiger partial charge on any atom is -0.487 e. The van der Waals surface area contributed by atoms with E-state index in [1.54, 1.807) is 25.1 Å². The van der Waals surface area contributed by atoms with Crippen molar-refractivity contribution in [1.82, 2.24) is 0 Å². The summed E-state index contributed by atoms with van der Waals surface area (Å²) in [6.45, 7) is 5.71. The minimum atomic E-state index is -3.86. The molecular formula is C20H23F3N2O3S. The van der Waals surface area contributed by atoms with Gasteiger partial charge in [0, 0.05) is 6.07 Å². The Bertz CT molecular complexity index is 1010. The van der Waals surface area contributed by atoms with E-state index in [0.29, 0.717) is 5.56 Å². The van der Waals surface area contributed by atoms with Crippen molar-refractivity contribution in [1.29, 1.82) is 0 Å². The van der Waals surface area contributed by atoms with Gasteiger partial charge in [0.15, 0.2) is 11.6 Å². The fourth-order valence-electron chi connectivity index (χ4n) is 2.55. The SMILES string of the molecule is CC.Cc1ccc(Nc2c(F)c(F)cc3c2NS(=O)(=O)CC/C=C/CO3)c(F)c1. The van der Waals surface area contributed by atoms with E-state index < -0.39 is 33.2 Å². The summed E-state index contributed by atoms with van der Waals surface area (Å²) in [7, 11) is -3.86. The topological polar surface area (TPSA) is 67.4 Å². The lowest BCUT2D eigenvalue weighted by Crippen LogP contribution is -2.19. The third kappa shape index (κ3) is 5.66. The lowest BCUT2D eigenvalue weighted by Gasteiger charge is -2.20. The van der Waals surface area contributed by atoms with E-state index in [1.807, 2.05) is 13.8 Å². The normalized spacial score (nSPS) is 16.2. The Morgan fingerprint density at radius 2 is 1.79 bits per heavy atom. The second kappa shape index (κ2) is 9.69. The number of hydrogen-bond donors (Lipinski definition) is 2. The van der Waals surface area contributed by atoms with Crippen LogP contribution in [0.25, 0.3) is 0 Å².